The van der Waals surface area contributed by atoms with Crippen LogP contribution in [0.5, 0.6) is 11.5 Å². The number of ketones is 1. The third kappa shape index (κ3) is 1.64. The molecule has 0 aromatic heterocycles. The molecular weight excluding hydrogens is 326 g/mol. The Bertz CT molecular complexity index is 816. The maximum absolute atomic E-state index is 13.0. The number of rotatable bonds is 3. The van der Waals surface area contributed by atoms with Crippen LogP contribution < -0.4 is 9.47 Å². The summed E-state index contributed by atoms with van der Waals surface area (Å²) < 4.78 is 12.0. The molecule has 3 fully saturated rings. The van der Waals surface area contributed by atoms with Crippen molar-refractivity contribution in [3.8, 4) is 11.5 Å². The van der Waals surface area contributed by atoms with Crippen molar-refractivity contribution < 1.29 is 14.3 Å². The maximum atomic E-state index is 13.0. The molecule has 1 spiro atoms. The Morgan fingerprint density at radius 2 is 2.15 bits per heavy atom. The van der Waals surface area contributed by atoms with Gasteiger partial charge in [0.1, 0.15) is 0 Å². The highest BCUT2D eigenvalue weighted by Gasteiger charge is 2.71. The van der Waals surface area contributed by atoms with Crippen molar-refractivity contribution in [2.75, 3.05) is 20.2 Å². The summed E-state index contributed by atoms with van der Waals surface area (Å²) in [5.41, 5.74) is 2.68. The molecule has 1 aromatic carbocycles. The van der Waals surface area contributed by atoms with E-state index in [1.807, 2.05) is 6.07 Å². The van der Waals surface area contributed by atoms with Crippen LogP contribution in [0, 0.1) is 11.3 Å². The molecule has 138 valence electrons. The Labute approximate surface area is 154 Å². The molecule has 0 amide bonds. The third-order valence-electron chi connectivity index (χ3n) is 8.33. The van der Waals surface area contributed by atoms with E-state index >= 15 is 0 Å². The van der Waals surface area contributed by atoms with Crippen LogP contribution >= 0.6 is 0 Å². The maximum Gasteiger partial charge on any atom is 0.174 e. The normalized spacial score (nSPS) is 40.2. The molecule has 2 saturated carbocycles. The van der Waals surface area contributed by atoms with E-state index in [2.05, 4.69) is 17.9 Å². The van der Waals surface area contributed by atoms with Crippen molar-refractivity contribution in [2.45, 2.75) is 63.0 Å². The van der Waals surface area contributed by atoms with Crippen LogP contribution in [0.15, 0.2) is 12.1 Å². The number of hydrogen-bond acceptors (Lipinski definition) is 4. The number of Topliss-reactive ketones (excluding diaryl/α,β-unsaturated/α-hetero) is 1. The lowest BCUT2D eigenvalue weighted by atomic mass is 9.44. The van der Waals surface area contributed by atoms with Crippen LogP contribution in [-0.2, 0) is 16.6 Å². The monoisotopic (exact) mass is 353 g/mol. The highest BCUT2D eigenvalue weighted by molar-refractivity contribution is 5.89. The molecule has 26 heavy (non-hydrogen) atoms. The number of likely N-dealkylation sites (tertiary alicyclic amines) is 1. The molecule has 1 unspecified atom stereocenters. The van der Waals surface area contributed by atoms with E-state index in [1.165, 1.54) is 30.5 Å². The molecule has 5 aliphatic rings. The Morgan fingerprint density at radius 3 is 2.92 bits per heavy atom. The molecule has 3 aliphatic carbocycles. The molecule has 1 saturated heterocycles. The number of nitrogens with zero attached hydrogens (tertiary/aromatic N) is 1. The zero-order valence-electron chi connectivity index (χ0n) is 15.7. The molecule has 1 aromatic rings. The van der Waals surface area contributed by atoms with Gasteiger partial charge in [0.25, 0.3) is 0 Å². The van der Waals surface area contributed by atoms with E-state index in [1.54, 1.807) is 7.11 Å². The van der Waals surface area contributed by atoms with Crippen LogP contribution in [-0.4, -0.2) is 43.0 Å². The fourth-order valence-electron chi connectivity index (χ4n) is 6.85. The predicted octanol–water partition coefficient (Wildman–Crippen LogP) is 3.10. The van der Waals surface area contributed by atoms with Crippen molar-refractivity contribution in [1.29, 1.82) is 0 Å². The fourth-order valence-corrected chi connectivity index (χ4v) is 6.85. The lowest BCUT2D eigenvalue weighted by Gasteiger charge is -2.64. The summed E-state index contributed by atoms with van der Waals surface area (Å²) in [5.74, 6) is 2.86. The predicted molar refractivity (Wildman–Crippen MR) is 97.8 cm³/mol. The highest BCUT2D eigenvalue weighted by atomic mass is 16.5. The molecule has 2 heterocycles. The summed E-state index contributed by atoms with van der Waals surface area (Å²) in [6.07, 6.45) is 6.26. The SMILES string of the molecule is COc1ccc2c3c1OC1C(=O)CC[C@@]4(C)[C@@H](C2)N(CC2CC2)CC[C@]314. The van der Waals surface area contributed by atoms with Crippen LogP contribution in [0.3, 0.4) is 0 Å². The first-order chi connectivity index (χ1) is 12.6. The van der Waals surface area contributed by atoms with E-state index in [4.69, 9.17) is 9.47 Å². The van der Waals surface area contributed by atoms with Gasteiger partial charge >= 0.3 is 0 Å². The number of ether oxygens (including phenoxy) is 2. The van der Waals surface area contributed by atoms with Gasteiger partial charge in [-0.15, -0.1) is 0 Å². The van der Waals surface area contributed by atoms with Gasteiger partial charge < -0.3 is 9.47 Å². The van der Waals surface area contributed by atoms with Gasteiger partial charge in [0.05, 0.1) is 12.5 Å². The standard InChI is InChI=1S/C22H27NO3/c1-21-8-7-15(24)20-22(21)9-10-23(12-13-3-4-13)17(21)11-14-5-6-16(25-2)19(26-20)18(14)22/h5-6,13,17,20H,3-4,7-12H2,1-2H3/t17-,20?,21+,22+/m1/s1. The number of methoxy groups -OCH3 is 1. The van der Waals surface area contributed by atoms with Gasteiger partial charge in [-0.2, -0.15) is 0 Å². The minimum absolute atomic E-state index is 0.114. The summed E-state index contributed by atoms with van der Waals surface area (Å²) in [4.78, 5) is 15.7. The second kappa shape index (κ2) is 4.83. The minimum atomic E-state index is -0.308. The van der Waals surface area contributed by atoms with Gasteiger partial charge in [-0.1, -0.05) is 13.0 Å². The zero-order valence-corrected chi connectivity index (χ0v) is 15.7. The largest absolute Gasteiger partial charge is 0.493 e. The number of hydrogen-bond donors (Lipinski definition) is 0. The van der Waals surface area contributed by atoms with E-state index in [9.17, 15) is 4.79 Å². The molecule has 4 heteroatoms. The number of piperidine rings is 1. The zero-order chi connectivity index (χ0) is 17.7. The van der Waals surface area contributed by atoms with Gasteiger partial charge in [-0.05, 0) is 61.6 Å². The molecular formula is C22H27NO3. The fraction of sp³-hybridized carbons (Fsp3) is 0.682. The summed E-state index contributed by atoms with van der Waals surface area (Å²) in [6, 6.07) is 4.80. The van der Waals surface area contributed by atoms with Gasteiger partial charge in [-0.3, -0.25) is 9.69 Å². The van der Waals surface area contributed by atoms with Gasteiger partial charge in [0, 0.05) is 24.6 Å². The average molecular weight is 353 g/mol. The summed E-state index contributed by atoms with van der Waals surface area (Å²) in [7, 11) is 1.70. The van der Waals surface area contributed by atoms with Crippen LogP contribution in [0.1, 0.15) is 50.2 Å². The Morgan fingerprint density at radius 1 is 1.31 bits per heavy atom. The lowest BCUT2D eigenvalue weighted by Crippen LogP contribution is -2.71. The van der Waals surface area contributed by atoms with E-state index in [0.29, 0.717) is 18.2 Å². The quantitative estimate of drug-likeness (QED) is 0.837. The van der Waals surface area contributed by atoms with Crippen molar-refractivity contribution in [2.24, 2.45) is 11.3 Å². The topological polar surface area (TPSA) is 38.8 Å². The van der Waals surface area contributed by atoms with Crippen LogP contribution in [0.4, 0.5) is 0 Å². The second-order valence-corrected chi connectivity index (χ2v) is 9.39. The Kier molecular flexibility index (Phi) is 2.88. The van der Waals surface area contributed by atoms with Crippen molar-refractivity contribution in [3.05, 3.63) is 23.3 Å². The minimum Gasteiger partial charge on any atom is -0.493 e. The Balaban J connectivity index is 1.57. The first kappa shape index (κ1) is 15.5. The second-order valence-electron chi connectivity index (χ2n) is 9.39. The first-order valence-electron chi connectivity index (χ1n) is 10.2. The van der Waals surface area contributed by atoms with Gasteiger partial charge in [0.2, 0.25) is 0 Å². The number of benzene rings is 1. The highest BCUT2D eigenvalue weighted by Crippen LogP contribution is 2.68. The van der Waals surface area contributed by atoms with Gasteiger partial charge in [-0.25, -0.2) is 0 Å². The van der Waals surface area contributed by atoms with Crippen molar-refractivity contribution in [1.82, 2.24) is 4.90 Å². The molecule has 4 nitrogen and oxygen atoms in total. The molecule has 0 radical (unpaired) electrons. The molecule has 2 bridgehead atoms. The first-order valence-corrected chi connectivity index (χ1v) is 10.2. The average Bonchev–Trinajstić information content (AvgIpc) is 3.37. The summed E-state index contributed by atoms with van der Waals surface area (Å²) >= 11 is 0. The van der Waals surface area contributed by atoms with E-state index in [0.717, 1.165) is 43.2 Å². The van der Waals surface area contributed by atoms with Crippen LogP contribution in [0.25, 0.3) is 0 Å². The summed E-state index contributed by atoms with van der Waals surface area (Å²) in [5, 5.41) is 0. The number of carbonyl (C=O) groups excluding carboxylic acids is 1. The molecule has 4 atom stereocenters. The van der Waals surface area contributed by atoms with Crippen molar-refractivity contribution in [3.63, 3.8) is 0 Å². The number of carbonyl (C=O) groups is 1. The van der Waals surface area contributed by atoms with E-state index in [-0.39, 0.29) is 16.9 Å². The molecule has 6 rings (SSSR count). The summed E-state index contributed by atoms with van der Waals surface area (Å²) in [6.45, 7) is 4.80. The van der Waals surface area contributed by atoms with Crippen LogP contribution in [0.2, 0.25) is 0 Å². The van der Waals surface area contributed by atoms with Crippen molar-refractivity contribution >= 4 is 5.78 Å². The molecule has 2 aliphatic heterocycles. The smallest absolute Gasteiger partial charge is 0.174 e. The lowest BCUT2D eigenvalue weighted by molar-refractivity contribution is -0.152. The molecule has 0 N–H and O–H groups in total. The third-order valence-corrected chi connectivity index (χ3v) is 8.33. The Hall–Kier alpha value is -1.55. The van der Waals surface area contributed by atoms with Gasteiger partial charge in [0.15, 0.2) is 23.4 Å². The van der Waals surface area contributed by atoms with E-state index < -0.39 is 0 Å².